The number of methoxy groups -OCH3 is 1. The van der Waals surface area contributed by atoms with Crippen molar-refractivity contribution in [1.82, 2.24) is 9.38 Å². The number of thiazole rings is 1. The van der Waals surface area contributed by atoms with Crippen molar-refractivity contribution in [1.29, 1.82) is 0 Å². The molecule has 2 heterocycles. The van der Waals surface area contributed by atoms with E-state index in [0.29, 0.717) is 17.4 Å². The number of benzene rings is 2. The zero-order chi connectivity index (χ0) is 21.1. The van der Waals surface area contributed by atoms with Crippen LogP contribution in [0.4, 0.5) is 5.69 Å². The third kappa shape index (κ3) is 4.39. The predicted molar refractivity (Wildman–Crippen MR) is 123 cm³/mol. The number of rotatable bonds is 7. The van der Waals surface area contributed by atoms with Gasteiger partial charge in [-0.3, -0.25) is 9.20 Å². The van der Waals surface area contributed by atoms with Gasteiger partial charge in [0.15, 0.2) is 4.96 Å². The maximum atomic E-state index is 12.4. The van der Waals surface area contributed by atoms with E-state index in [4.69, 9.17) is 4.74 Å². The number of hydrogen-bond donors (Lipinski definition) is 0. The normalized spacial score (nSPS) is 11.2. The van der Waals surface area contributed by atoms with Gasteiger partial charge in [-0.2, -0.15) is 0 Å². The van der Waals surface area contributed by atoms with Crippen molar-refractivity contribution in [3.05, 3.63) is 93.3 Å². The summed E-state index contributed by atoms with van der Waals surface area (Å²) in [4.78, 5) is 20.1. The fraction of sp³-hybridized carbons (Fsp3) is 0.250. The molecule has 0 N–H and O–H groups in total. The average Bonchev–Trinajstić information content (AvgIpc) is 3.23. The largest absolute Gasteiger partial charge is 0.497 e. The van der Waals surface area contributed by atoms with Gasteiger partial charge in [0, 0.05) is 29.9 Å². The molecule has 0 fully saturated rings. The second-order valence-electron chi connectivity index (χ2n) is 7.59. The van der Waals surface area contributed by atoms with Crippen molar-refractivity contribution in [2.24, 2.45) is 0 Å². The molecule has 0 aliphatic heterocycles. The molecular weight excluding hydrogens is 394 g/mol. The van der Waals surface area contributed by atoms with Crippen LogP contribution in [0.15, 0.2) is 71.0 Å². The number of fused-ring (bicyclic) bond motifs is 1. The molecule has 2 aromatic carbocycles. The minimum atomic E-state index is -0.0489. The summed E-state index contributed by atoms with van der Waals surface area (Å²) in [6, 6.07) is 18.3. The fourth-order valence-corrected chi connectivity index (χ4v) is 4.16. The molecular formula is C24H25N3O2S. The van der Waals surface area contributed by atoms with Crippen LogP contribution in [0.5, 0.6) is 5.75 Å². The van der Waals surface area contributed by atoms with Gasteiger partial charge < -0.3 is 9.64 Å². The number of anilines is 1. The lowest BCUT2D eigenvalue weighted by Gasteiger charge is -2.25. The lowest BCUT2D eigenvalue weighted by atomic mass is 10.0. The lowest BCUT2D eigenvalue weighted by molar-refractivity contribution is 0.415. The summed E-state index contributed by atoms with van der Waals surface area (Å²) in [5, 5.41) is 1.88. The highest BCUT2D eigenvalue weighted by molar-refractivity contribution is 7.15. The van der Waals surface area contributed by atoms with E-state index < -0.39 is 0 Å². The minimum Gasteiger partial charge on any atom is -0.497 e. The van der Waals surface area contributed by atoms with Crippen molar-refractivity contribution in [2.75, 3.05) is 12.0 Å². The van der Waals surface area contributed by atoms with Crippen molar-refractivity contribution in [3.63, 3.8) is 0 Å². The van der Waals surface area contributed by atoms with E-state index in [1.54, 1.807) is 23.8 Å². The molecule has 0 atom stereocenters. The predicted octanol–water partition coefficient (Wildman–Crippen LogP) is 5.09. The topological polar surface area (TPSA) is 46.8 Å². The van der Waals surface area contributed by atoms with Gasteiger partial charge in [-0.1, -0.05) is 38.1 Å². The Kier molecular flexibility index (Phi) is 5.86. The maximum Gasteiger partial charge on any atom is 0.258 e. The molecule has 2 aromatic heterocycles. The van der Waals surface area contributed by atoms with Gasteiger partial charge in [0.05, 0.1) is 19.3 Å². The van der Waals surface area contributed by atoms with Crippen LogP contribution in [-0.4, -0.2) is 16.5 Å². The molecule has 0 aliphatic carbocycles. The molecule has 0 saturated heterocycles. The second-order valence-corrected chi connectivity index (χ2v) is 8.46. The summed E-state index contributed by atoms with van der Waals surface area (Å²) < 4.78 is 6.88. The monoisotopic (exact) mass is 419 g/mol. The smallest absolute Gasteiger partial charge is 0.258 e. The summed E-state index contributed by atoms with van der Waals surface area (Å²) in [5.41, 5.74) is 4.30. The van der Waals surface area contributed by atoms with Gasteiger partial charge in [-0.25, -0.2) is 4.98 Å². The molecule has 6 heteroatoms. The molecule has 154 valence electrons. The van der Waals surface area contributed by atoms with Crippen LogP contribution in [0.1, 0.15) is 36.6 Å². The van der Waals surface area contributed by atoms with Gasteiger partial charge >= 0.3 is 0 Å². The first kappa shape index (κ1) is 20.2. The first-order valence-corrected chi connectivity index (χ1v) is 10.8. The summed E-state index contributed by atoms with van der Waals surface area (Å²) >= 11 is 1.47. The van der Waals surface area contributed by atoms with Gasteiger partial charge in [0.25, 0.3) is 5.56 Å². The molecule has 0 bridgehead atoms. The van der Waals surface area contributed by atoms with Gasteiger partial charge in [-0.15, -0.1) is 11.3 Å². The van der Waals surface area contributed by atoms with Crippen LogP contribution in [0.25, 0.3) is 4.96 Å². The summed E-state index contributed by atoms with van der Waals surface area (Å²) in [7, 11) is 1.66. The fourth-order valence-electron chi connectivity index (χ4n) is 3.42. The molecule has 0 unspecified atom stereocenters. The van der Waals surface area contributed by atoms with Crippen LogP contribution < -0.4 is 15.2 Å². The van der Waals surface area contributed by atoms with Gasteiger partial charge in [0.1, 0.15) is 5.75 Å². The van der Waals surface area contributed by atoms with Crippen molar-refractivity contribution in [2.45, 2.75) is 32.9 Å². The molecule has 0 aliphatic rings. The Hall–Kier alpha value is -3.12. The number of hydrogen-bond acceptors (Lipinski definition) is 5. The zero-order valence-corrected chi connectivity index (χ0v) is 18.2. The van der Waals surface area contributed by atoms with Crippen LogP contribution in [-0.2, 0) is 13.1 Å². The molecule has 5 nitrogen and oxygen atoms in total. The standard InChI is InChI=1S/C24H25N3O2S/c1-17(2)19-6-4-18(5-7-19)15-26(21-8-10-22(29-3)11-9-21)16-20-14-23(28)27-12-13-30-24(27)25-20/h4-14,17H,15-16H2,1-3H3. The maximum absolute atomic E-state index is 12.4. The Morgan fingerprint density at radius 2 is 1.80 bits per heavy atom. The molecule has 4 aromatic rings. The molecule has 0 radical (unpaired) electrons. The third-order valence-electron chi connectivity index (χ3n) is 5.17. The lowest BCUT2D eigenvalue weighted by Crippen LogP contribution is -2.24. The summed E-state index contributed by atoms with van der Waals surface area (Å²) in [5.74, 6) is 1.32. The second kappa shape index (κ2) is 8.71. The van der Waals surface area contributed by atoms with Crippen molar-refractivity contribution < 1.29 is 4.74 Å². The van der Waals surface area contributed by atoms with Crippen LogP contribution >= 0.6 is 11.3 Å². The first-order chi connectivity index (χ1) is 14.5. The van der Waals surface area contributed by atoms with Crippen LogP contribution in [0.2, 0.25) is 0 Å². The number of aromatic nitrogens is 2. The van der Waals surface area contributed by atoms with E-state index in [2.05, 4.69) is 48.0 Å². The van der Waals surface area contributed by atoms with Gasteiger partial charge in [0.2, 0.25) is 0 Å². The molecule has 0 saturated carbocycles. The first-order valence-electron chi connectivity index (χ1n) is 9.97. The highest BCUT2D eigenvalue weighted by Gasteiger charge is 2.12. The molecule has 0 amide bonds. The minimum absolute atomic E-state index is 0.0489. The van der Waals surface area contributed by atoms with Crippen molar-refractivity contribution >= 4 is 22.0 Å². The summed E-state index contributed by atoms with van der Waals surface area (Å²) in [6.45, 7) is 5.66. The quantitative estimate of drug-likeness (QED) is 0.418. The Bertz CT molecular complexity index is 1180. The van der Waals surface area contributed by atoms with E-state index in [1.165, 1.54) is 22.5 Å². The number of nitrogens with zero attached hydrogens (tertiary/aromatic N) is 3. The van der Waals surface area contributed by atoms with E-state index >= 15 is 0 Å². The van der Waals surface area contributed by atoms with E-state index in [1.807, 2.05) is 29.6 Å². The van der Waals surface area contributed by atoms with E-state index in [0.717, 1.165) is 23.7 Å². The Morgan fingerprint density at radius 1 is 1.07 bits per heavy atom. The molecule has 4 rings (SSSR count). The average molecular weight is 420 g/mol. The van der Waals surface area contributed by atoms with E-state index in [-0.39, 0.29) is 5.56 Å². The van der Waals surface area contributed by atoms with Gasteiger partial charge in [-0.05, 0) is 41.3 Å². The summed E-state index contributed by atoms with van der Waals surface area (Å²) in [6.07, 6.45) is 1.76. The van der Waals surface area contributed by atoms with E-state index in [9.17, 15) is 4.79 Å². The molecule has 0 spiro atoms. The zero-order valence-electron chi connectivity index (χ0n) is 17.4. The highest BCUT2D eigenvalue weighted by atomic mass is 32.1. The highest BCUT2D eigenvalue weighted by Crippen LogP contribution is 2.24. The van der Waals surface area contributed by atoms with Crippen molar-refractivity contribution in [3.8, 4) is 5.75 Å². The van der Waals surface area contributed by atoms with Crippen LogP contribution in [0, 0.1) is 0 Å². The van der Waals surface area contributed by atoms with Crippen LogP contribution in [0.3, 0.4) is 0 Å². The Labute approximate surface area is 180 Å². The molecule has 30 heavy (non-hydrogen) atoms. The Balaban J connectivity index is 1.65. The number of ether oxygens (including phenoxy) is 1. The SMILES string of the molecule is COc1ccc(N(Cc2ccc(C(C)C)cc2)Cc2cc(=O)n3ccsc3n2)cc1. The Morgan fingerprint density at radius 3 is 2.47 bits per heavy atom. The third-order valence-corrected chi connectivity index (χ3v) is 5.92.